The predicted octanol–water partition coefficient (Wildman–Crippen LogP) is 12.1. The van der Waals surface area contributed by atoms with E-state index in [1.54, 1.807) is 0 Å². The molecular weight excluding hydrogens is 516 g/mol. The van der Waals surface area contributed by atoms with Crippen molar-refractivity contribution < 1.29 is 0 Å². The molecule has 7 aromatic rings. The number of benzene rings is 7. The Morgan fingerprint density at radius 3 is 1.65 bits per heavy atom. The number of rotatable bonds is 4. The summed E-state index contributed by atoms with van der Waals surface area (Å²) in [7, 11) is 0. The first-order chi connectivity index (χ1) is 21.0. The van der Waals surface area contributed by atoms with Crippen molar-refractivity contribution in [1.82, 2.24) is 0 Å². The van der Waals surface area contributed by atoms with Crippen molar-refractivity contribution in [2.75, 3.05) is 0 Å². The minimum atomic E-state index is -0.0499. The largest absolute Gasteiger partial charge is 0.0984 e. The van der Waals surface area contributed by atoms with Crippen LogP contribution in [0.15, 0.2) is 134 Å². The predicted molar refractivity (Wildman–Crippen MR) is 188 cm³/mol. The summed E-state index contributed by atoms with van der Waals surface area (Å²) in [5.41, 5.74) is 12.7. The van der Waals surface area contributed by atoms with Gasteiger partial charge in [0.15, 0.2) is 0 Å². The van der Waals surface area contributed by atoms with Gasteiger partial charge < -0.3 is 0 Å². The zero-order chi connectivity index (χ0) is 29.3. The van der Waals surface area contributed by atoms with Crippen molar-refractivity contribution in [3.05, 3.63) is 157 Å². The van der Waals surface area contributed by atoms with Gasteiger partial charge in [-0.1, -0.05) is 148 Å². The van der Waals surface area contributed by atoms with E-state index in [9.17, 15) is 0 Å². The van der Waals surface area contributed by atoms with Crippen LogP contribution < -0.4 is 0 Å². The molecule has 1 aliphatic rings. The lowest BCUT2D eigenvalue weighted by molar-refractivity contribution is 0.660. The van der Waals surface area contributed by atoms with Gasteiger partial charge in [0.05, 0.1) is 0 Å². The lowest BCUT2D eigenvalue weighted by Gasteiger charge is -2.23. The minimum absolute atomic E-state index is 0.0499. The van der Waals surface area contributed by atoms with Crippen LogP contribution >= 0.6 is 0 Å². The Hall–Kier alpha value is -5.20. The zero-order valence-corrected chi connectivity index (χ0v) is 24.6. The number of fused-ring (bicyclic) bond motifs is 6. The van der Waals surface area contributed by atoms with E-state index >= 15 is 0 Å². The summed E-state index contributed by atoms with van der Waals surface area (Å²) in [6.07, 6.45) is 3.87. The fourth-order valence-corrected chi connectivity index (χ4v) is 7.53. The van der Waals surface area contributed by atoms with Crippen LogP contribution in [0.2, 0.25) is 0 Å². The van der Waals surface area contributed by atoms with E-state index < -0.39 is 0 Å². The number of hydrogen-bond acceptors (Lipinski definition) is 0. The summed E-state index contributed by atoms with van der Waals surface area (Å²) in [5.74, 6) is 0. The van der Waals surface area contributed by atoms with Gasteiger partial charge in [-0.15, -0.1) is 0 Å². The van der Waals surface area contributed by atoms with Crippen LogP contribution in [0, 0.1) is 0 Å². The molecule has 0 aromatic heterocycles. The lowest BCUT2D eigenvalue weighted by atomic mass is 9.80. The van der Waals surface area contributed by atoms with Gasteiger partial charge in [0.25, 0.3) is 0 Å². The first-order valence-electron chi connectivity index (χ1n) is 15.0. The van der Waals surface area contributed by atoms with Crippen molar-refractivity contribution in [2.45, 2.75) is 19.3 Å². The van der Waals surface area contributed by atoms with Crippen LogP contribution in [0.3, 0.4) is 0 Å². The molecule has 0 amide bonds. The third kappa shape index (κ3) is 3.63. The minimum Gasteiger partial charge on any atom is -0.0984 e. The second-order valence-electron chi connectivity index (χ2n) is 12.2. The maximum absolute atomic E-state index is 4.14. The molecule has 0 atom stereocenters. The third-order valence-corrected chi connectivity index (χ3v) is 9.61. The van der Waals surface area contributed by atoms with Gasteiger partial charge in [0.2, 0.25) is 0 Å². The molecule has 0 bridgehead atoms. The maximum atomic E-state index is 4.14. The highest BCUT2D eigenvalue weighted by molar-refractivity contribution is 6.22. The van der Waals surface area contributed by atoms with Gasteiger partial charge in [-0.2, -0.15) is 0 Å². The van der Waals surface area contributed by atoms with Crippen molar-refractivity contribution in [3.63, 3.8) is 0 Å². The molecular formula is C43H32. The van der Waals surface area contributed by atoms with Crippen molar-refractivity contribution in [3.8, 4) is 33.4 Å². The smallest absolute Gasteiger partial charge is 0.0159 e. The topological polar surface area (TPSA) is 0 Å². The second kappa shape index (κ2) is 9.41. The Kier molecular flexibility index (Phi) is 5.58. The zero-order valence-electron chi connectivity index (χ0n) is 24.6. The molecule has 0 N–H and O–H groups in total. The molecule has 0 spiro atoms. The van der Waals surface area contributed by atoms with E-state index in [0.29, 0.717) is 0 Å². The van der Waals surface area contributed by atoms with Gasteiger partial charge in [-0.05, 0) is 100 Å². The lowest BCUT2D eigenvalue weighted by Crippen LogP contribution is -2.14. The average Bonchev–Trinajstić information content (AvgIpc) is 3.28. The molecule has 43 heavy (non-hydrogen) atoms. The van der Waals surface area contributed by atoms with E-state index in [4.69, 9.17) is 0 Å². The maximum Gasteiger partial charge on any atom is 0.0159 e. The highest BCUT2D eigenvalue weighted by Gasteiger charge is 2.35. The molecule has 0 radical (unpaired) electrons. The molecule has 0 unspecified atom stereocenters. The van der Waals surface area contributed by atoms with E-state index in [1.807, 2.05) is 12.2 Å². The standard InChI is InChI=1S/C43H32/c1-5-27-19-20-28-21-22-29(25-38(28)31(27)6-2)41-34-14-7-9-16-36(34)42(37-17-10-8-15-35(37)41)30-23-24-33-32-13-11-12-18-39(32)43(3,4)40(33)26-30/h5-26H,1-2H2,3-4H3. The number of hydrogen-bond donors (Lipinski definition) is 0. The Bertz CT molecular complexity index is 2240. The molecule has 0 nitrogen and oxygen atoms in total. The molecule has 8 rings (SSSR count). The summed E-state index contributed by atoms with van der Waals surface area (Å²) >= 11 is 0. The Morgan fingerprint density at radius 1 is 0.488 bits per heavy atom. The van der Waals surface area contributed by atoms with Gasteiger partial charge in [-0.3, -0.25) is 0 Å². The van der Waals surface area contributed by atoms with E-state index in [2.05, 4.69) is 148 Å². The molecule has 0 fully saturated rings. The van der Waals surface area contributed by atoms with Crippen molar-refractivity contribution >= 4 is 44.5 Å². The summed E-state index contributed by atoms with van der Waals surface area (Å²) in [6.45, 7) is 12.9. The van der Waals surface area contributed by atoms with Crippen LogP contribution in [0.25, 0.3) is 77.9 Å². The molecule has 0 saturated carbocycles. The summed E-state index contributed by atoms with van der Waals surface area (Å²) < 4.78 is 0. The molecule has 1 aliphatic carbocycles. The van der Waals surface area contributed by atoms with E-state index in [1.165, 1.54) is 76.8 Å². The fraction of sp³-hybridized carbons (Fsp3) is 0.0698. The summed E-state index contributed by atoms with van der Waals surface area (Å²) in [5, 5.41) is 7.47. The second-order valence-corrected chi connectivity index (χ2v) is 12.2. The monoisotopic (exact) mass is 548 g/mol. The van der Waals surface area contributed by atoms with Crippen molar-refractivity contribution in [2.24, 2.45) is 0 Å². The van der Waals surface area contributed by atoms with Crippen LogP contribution in [0.1, 0.15) is 36.1 Å². The van der Waals surface area contributed by atoms with Gasteiger partial charge in [-0.25, -0.2) is 0 Å². The Morgan fingerprint density at radius 2 is 1.02 bits per heavy atom. The molecule has 7 aromatic carbocycles. The van der Waals surface area contributed by atoms with Gasteiger partial charge >= 0.3 is 0 Å². The van der Waals surface area contributed by atoms with Crippen molar-refractivity contribution in [1.29, 1.82) is 0 Å². The molecule has 0 heteroatoms. The molecule has 0 heterocycles. The fourth-order valence-electron chi connectivity index (χ4n) is 7.53. The first-order valence-corrected chi connectivity index (χ1v) is 15.0. The quantitative estimate of drug-likeness (QED) is 0.192. The summed E-state index contributed by atoms with van der Waals surface area (Å²) in [6, 6.07) is 45.0. The van der Waals surface area contributed by atoms with Crippen LogP contribution in [-0.2, 0) is 5.41 Å². The van der Waals surface area contributed by atoms with Crippen LogP contribution in [0.5, 0.6) is 0 Å². The van der Waals surface area contributed by atoms with Crippen LogP contribution in [0.4, 0.5) is 0 Å². The van der Waals surface area contributed by atoms with Gasteiger partial charge in [0.1, 0.15) is 0 Å². The Balaban J connectivity index is 1.43. The van der Waals surface area contributed by atoms with E-state index in [0.717, 1.165) is 11.1 Å². The molecule has 0 saturated heterocycles. The highest BCUT2D eigenvalue weighted by Crippen LogP contribution is 2.51. The average molecular weight is 549 g/mol. The third-order valence-electron chi connectivity index (χ3n) is 9.61. The van der Waals surface area contributed by atoms with Crippen LogP contribution in [-0.4, -0.2) is 0 Å². The molecule has 204 valence electrons. The van der Waals surface area contributed by atoms with E-state index in [-0.39, 0.29) is 5.41 Å². The highest BCUT2D eigenvalue weighted by atomic mass is 14.4. The normalized spacial score (nSPS) is 13.3. The Labute approximate surface area is 253 Å². The molecule has 0 aliphatic heterocycles. The first kappa shape index (κ1) is 25.5. The summed E-state index contributed by atoms with van der Waals surface area (Å²) in [4.78, 5) is 0. The van der Waals surface area contributed by atoms with Gasteiger partial charge in [0, 0.05) is 5.41 Å². The SMILES string of the molecule is C=Cc1ccc2ccc(-c3c4ccccc4c(-c4ccc5c(c4)C(C)(C)c4ccccc4-5)c4ccccc34)cc2c1C=C.